The number of esters is 1. The van der Waals surface area contributed by atoms with Crippen molar-refractivity contribution in [2.45, 2.75) is 135 Å². The maximum absolute atomic E-state index is 14.4. The van der Waals surface area contributed by atoms with Gasteiger partial charge in [0.15, 0.2) is 17.7 Å². The Bertz CT molecular complexity index is 1550. The van der Waals surface area contributed by atoms with Crippen molar-refractivity contribution >= 4 is 17.8 Å². The van der Waals surface area contributed by atoms with Crippen LogP contribution < -0.4 is 5.73 Å². The van der Waals surface area contributed by atoms with Crippen LogP contribution in [0.4, 0.5) is 4.79 Å². The molecule has 1 aromatic rings. The Morgan fingerprint density at radius 1 is 1.11 bits per heavy atom. The Kier molecular flexibility index (Phi) is 14.2. The average Bonchev–Trinajstić information content (AvgIpc) is 3.40. The molecule has 300 valence electrons. The van der Waals surface area contributed by atoms with E-state index >= 15 is 0 Å². The zero-order chi connectivity index (χ0) is 40.3. The number of carbonyl (C=O) groups excluding carboxylic acids is 3. The van der Waals surface area contributed by atoms with Crippen LogP contribution in [0.15, 0.2) is 36.4 Å². The van der Waals surface area contributed by atoms with Crippen molar-refractivity contribution < 1.29 is 43.2 Å². The van der Waals surface area contributed by atoms with E-state index in [0.717, 1.165) is 16.7 Å². The second kappa shape index (κ2) is 17.7. The van der Waals surface area contributed by atoms with Gasteiger partial charge in [0.05, 0.1) is 23.9 Å². The lowest BCUT2D eigenvalue weighted by molar-refractivity contribution is -0.296. The molecule has 4 rings (SSSR count). The smallest absolute Gasteiger partial charge is 0.410 e. The number of aliphatic hydroxyl groups excluding tert-OH is 1. The molecule has 3 saturated heterocycles. The topological polar surface area (TPSA) is 150 Å². The maximum atomic E-state index is 14.4. The molecule has 0 aliphatic carbocycles. The van der Waals surface area contributed by atoms with Crippen LogP contribution in [-0.2, 0) is 39.8 Å². The Morgan fingerprint density at radius 3 is 2.33 bits per heavy atom. The Labute approximate surface area is 322 Å². The van der Waals surface area contributed by atoms with Crippen LogP contribution >= 0.6 is 0 Å². The zero-order valence-corrected chi connectivity index (χ0v) is 33.9. The minimum absolute atomic E-state index is 0.209. The monoisotopic (exact) mass is 753 g/mol. The van der Waals surface area contributed by atoms with Gasteiger partial charge in [-0.1, -0.05) is 57.9 Å². The number of nitrogens with two attached hydrogens (primary N) is 1. The van der Waals surface area contributed by atoms with Crippen molar-refractivity contribution in [3.8, 4) is 12.3 Å². The quantitative estimate of drug-likeness (QED) is 0.157. The van der Waals surface area contributed by atoms with Crippen LogP contribution in [0, 0.1) is 36.0 Å². The highest BCUT2D eigenvalue weighted by molar-refractivity contribution is 6.00. The molecule has 12 nitrogen and oxygen atoms in total. The number of aliphatic hydroxyl groups is 1. The number of amides is 1. The predicted molar refractivity (Wildman–Crippen MR) is 205 cm³/mol. The van der Waals surface area contributed by atoms with Crippen molar-refractivity contribution in [3.63, 3.8) is 0 Å². The average molecular weight is 754 g/mol. The Hall–Kier alpha value is -3.31. The maximum Gasteiger partial charge on any atom is 0.410 e. The highest BCUT2D eigenvalue weighted by Crippen LogP contribution is 2.45. The molecule has 0 spiro atoms. The first-order valence-corrected chi connectivity index (χ1v) is 19.3. The highest BCUT2D eigenvalue weighted by Gasteiger charge is 2.59. The first kappa shape index (κ1) is 43.4. The van der Waals surface area contributed by atoms with E-state index in [9.17, 15) is 19.5 Å². The third-order valence-corrected chi connectivity index (χ3v) is 12.3. The van der Waals surface area contributed by atoms with Gasteiger partial charge in [0, 0.05) is 50.2 Å². The lowest BCUT2D eigenvalue weighted by atomic mass is 9.72. The van der Waals surface area contributed by atoms with Gasteiger partial charge < -0.3 is 34.5 Å². The molecular weight excluding hydrogens is 690 g/mol. The minimum Gasteiger partial charge on any atom is -0.458 e. The van der Waals surface area contributed by atoms with E-state index in [2.05, 4.69) is 17.4 Å². The van der Waals surface area contributed by atoms with Gasteiger partial charge in [-0.05, 0) is 77.6 Å². The largest absolute Gasteiger partial charge is 0.458 e. The van der Waals surface area contributed by atoms with E-state index in [4.69, 9.17) is 35.8 Å². The minimum atomic E-state index is -1.24. The molecule has 12 heteroatoms. The number of rotatable bonds is 9. The SMILES string of the molecule is C#Cc1ccc(CN(C)[C@H]2C[C@@H](C)O[C@@H](O[C@@H]3[C@@H](C)C(=O)[C@@H](C)C(=O)O[C@H](CC)[C@@]4(C)OC(=O)N(CCN)[C@@H]4[C@@H](C)C(=C)[C@H](C)C[C@@]3(C)OC)[C@@H]2O)cc1. The van der Waals surface area contributed by atoms with E-state index in [1.807, 2.05) is 65.9 Å². The van der Waals surface area contributed by atoms with Gasteiger partial charge in [0.25, 0.3) is 0 Å². The van der Waals surface area contributed by atoms with Crippen LogP contribution in [-0.4, -0.2) is 114 Å². The van der Waals surface area contributed by atoms with Crippen molar-refractivity contribution in [3.05, 3.63) is 47.5 Å². The number of terminal acetylenes is 1. The lowest BCUT2D eigenvalue weighted by Gasteiger charge is -2.48. The number of hydrogen-bond donors (Lipinski definition) is 2. The Balaban J connectivity index is 1.72. The van der Waals surface area contributed by atoms with Crippen LogP contribution in [0.2, 0.25) is 0 Å². The van der Waals surface area contributed by atoms with Gasteiger partial charge >= 0.3 is 12.1 Å². The first-order chi connectivity index (χ1) is 25.4. The Morgan fingerprint density at radius 2 is 1.76 bits per heavy atom. The summed E-state index contributed by atoms with van der Waals surface area (Å²) in [6, 6.07) is 6.82. The van der Waals surface area contributed by atoms with Crippen molar-refractivity contribution in [1.82, 2.24) is 9.80 Å². The molecule has 0 radical (unpaired) electrons. The van der Waals surface area contributed by atoms with Crippen molar-refractivity contribution in [2.75, 3.05) is 27.2 Å². The molecule has 3 fully saturated rings. The molecule has 0 aromatic heterocycles. The second-order valence-corrected chi connectivity index (χ2v) is 16.1. The molecule has 3 aliphatic rings. The van der Waals surface area contributed by atoms with Gasteiger partial charge in [-0.3, -0.25) is 19.4 Å². The second-order valence-electron chi connectivity index (χ2n) is 16.1. The summed E-state index contributed by atoms with van der Waals surface area (Å²) < 4.78 is 31.5. The van der Waals surface area contributed by atoms with Crippen LogP contribution in [0.1, 0.15) is 85.8 Å². The first-order valence-electron chi connectivity index (χ1n) is 19.3. The van der Waals surface area contributed by atoms with E-state index in [1.165, 1.54) is 6.92 Å². The summed E-state index contributed by atoms with van der Waals surface area (Å²) in [5, 5.41) is 11.9. The molecule has 13 atom stereocenters. The van der Waals surface area contributed by atoms with Gasteiger partial charge in [0.2, 0.25) is 0 Å². The number of ether oxygens (including phenoxy) is 5. The number of carbonyl (C=O) groups is 3. The molecule has 0 bridgehead atoms. The molecule has 3 heterocycles. The predicted octanol–water partition coefficient (Wildman–Crippen LogP) is 4.69. The number of hydrogen-bond acceptors (Lipinski definition) is 11. The number of Topliss-reactive ketones (excluding diaryl/α,β-unsaturated/α-hetero) is 1. The summed E-state index contributed by atoms with van der Waals surface area (Å²) in [4.78, 5) is 45.3. The van der Waals surface area contributed by atoms with E-state index in [1.54, 1.807) is 25.9 Å². The van der Waals surface area contributed by atoms with Gasteiger partial charge in [0.1, 0.15) is 18.1 Å². The normalized spacial score (nSPS) is 38.4. The molecular formula is C42H63N3O9. The zero-order valence-electron chi connectivity index (χ0n) is 33.9. The highest BCUT2D eigenvalue weighted by atomic mass is 16.7. The third kappa shape index (κ3) is 8.72. The molecule has 1 aromatic carbocycles. The summed E-state index contributed by atoms with van der Waals surface area (Å²) in [5.41, 5.74) is 6.22. The number of benzene rings is 1. The van der Waals surface area contributed by atoms with Gasteiger partial charge in [-0.15, -0.1) is 6.42 Å². The van der Waals surface area contributed by atoms with Crippen molar-refractivity contribution in [1.29, 1.82) is 0 Å². The number of cyclic esters (lactones) is 1. The lowest BCUT2D eigenvalue weighted by Crippen LogP contribution is -2.60. The van der Waals surface area contributed by atoms with Gasteiger partial charge in [-0.25, -0.2) is 4.79 Å². The fraction of sp³-hybridized carbons (Fsp3) is 0.690. The summed E-state index contributed by atoms with van der Waals surface area (Å²) in [7, 11) is 3.50. The molecule has 1 amide bonds. The number of nitrogens with zero attached hydrogens (tertiary/aromatic N) is 2. The number of fused-ring (bicyclic) bond motifs is 1. The molecule has 3 N–H and O–H groups in total. The molecule has 0 saturated carbocycles. The van der Waals surface area contributed by atoms with E-state index in [0.29, 0.717) is 25.8 Å². The summed E-state index contributed by atoms with van der Waals surface area (Å²) in [6.07, 6.45) is 1.93. The van der Waals surface area contributed by atoms with E-state index in [-0.39, 0.29) is 37.1 Å². The van der Waals surface area contributed by atoms with Crippen LogP contribution in [0.25, 0.3) is 0 Å². The molecule has 54 heavy (non-hydrogen) atoms. The number of likely N-dealkylation sites (N-methyl/N-ethyl adjacent to an activating group) is 1. The van der Waals surface area contributed by atoms with Crippen LogP contribution in [0.5, 0.6) is 0 Å². The summed E-state index contributed by atoms with van der Waals surface area (Å²) in [5.74, 6) is -1.14. The fourth-order valence-electron chi connectivity index (χ4n) is 8.96. The number of methoxy groups -OCH3 is 1. The van der Waals surface area contributed by atoms with Gasteiger partial charge in [-0.2, -0.15) is 0 Å². The fourth-order valence-corrected chi connectivity index (χ4v) is 8.96. The van der Waals surface area contributed by atoms with E-state index < -0.39 is 71.5 Å². The summed E-state index contributed by atoms with van der Waals surface area (Å²) >= 11 is 0. The standard InChI is InChI=1S/C42H63N3O9/c1-13-30-15-17-31(18-16-30)23-44(11)32-21-25(4)51-39(35(32)47)53-37-28(7)34(46)29(8)38(48)52-33(14-2)42(10)36(45(20-19-43)40(49)54-42)27(6)26(5)24(3)22-41(37,9)50-12/h1,15-18,24-25,27-29,32-33,35-37,39,47H,5,14,19-23,43H2,2-4,6-12H3/t24-,25-,27+,28+,29-,32+,33-,35-,36-,37-,39+,41-,42-/m1/s1. The third-order valence-electron chi connectivity index (χ3n) is 12.3. The molecule has 3 aliphatic heterocycles. The molecule has 0 unspecified atom stereocenters. The number of ketones is 1. The van der Waals surface area contributed by atoms with Crippen molar-refractivity contribution in [2.24, 2.45) is 29.4 Å². The summed E-state index contributed by atoms with van der Waals surface area (Å²) in [6.45, 7) is 20.2. The van der Waals surface area contributed by atoms with Crippen LogP contribution in [0.3, 0.4) is 0 Å².